The van der Waals surface area contributed by atoms with Crippen molar-refractivity contribution in [2.75, 3.05) is 50.4 Å². The molecule has 1 amide bonds. The maximum absolute atomic E-state index is 12.1. The van der Waals surface area contributed by atoms with Gasteiger partial charge in [-0.05, 0) is 94.2 Å². The van der Waals surface area contributed by atoms with E-state index in [4.69, 9.17) is 0 Å². The topological polar surface area (TPSA) is 107 Å². The van der Waals surface area contributed by atoms with E-state index in [2.05, 4.69) is 61.9 Å². The van der Waals surface area contributed by atoms with Gasteiger partial charge in [-0.25, -0.2) is 15.0 Å². The molecule has 1 unspecified atom stereocenters. The molecule has 40 heavy (non-hydrogen) atoms. The van der Waals surface area contributed by atoms with Crippen LogP contribution >= 0.6 is 0 Å². The Morgan fingerprint density at radius 1 is 1.00 bits per heavy atom. The molecule has 2 heterocycles. The lowest BCUT2D eigenvalue weighted by molar-refractivity contribution is 0.0962. The normalized spacial score (nSPS) is 11.8. The summed E-state index contributed by atoms with van der Waals surface area (Å²) in [7, 11) is 1.64. The Labute approximate surface area is 239 Å². The van der Waals surface area contributed by atoms with Gasteiger partial charge in [0.15, 0.2) is 0 Å². The molecular formula is C31H46N8O. The molecule has 1 aromatic carbocycles. The minimum atomic E-state index is -0.0879. The zero-order valence-corrected chi connectivity index (χ0v) is 24.8. The second kappa shape index (κ2) is 16.5. The van der Waals surface area contributed by atoms with E-state index >= 15 is 0 Å². The van der Waals surface area contributed by atoms with Crippen LogP contribution in [0.2, 0.25) is 0 Å². The Balaban J connectivity index is 1.49. The smallest absolute Gasteiger partial charge is 0.251 e. The average Bonchev–Trinajstić information content (AvgIpc) is 2.97. The molecular weight excluding hydrogens is 500 g/mol. The second-order valence-electron chi connectivity index (χ2n) is 10.1. The molecule has 0 spiro atoms. The van der Waals surface area contributed by atoms with E-state index < -0.39 is 0 Å². The van der Waals surface area contributed by atoms with Gasteiger partial charge in [-0.1, -0.05) is 20.8 Å². The van der Waals surface area contributed by atoms with E-state index in [1.165, 1.54) is 25.9 Å². The minimum absolute atomic E-state index is 0.0879. The zero-order valence-electron chi connectivity index (χ0n) is 24.8. The molecule has 0 fully saturated rings. The number of nitrogens with zero attached hydrogens (tertiary/aromatic N) is 4. The molecule has 0 aliphatic rings. The van der Waals surface area contributed by atoms with Gasteiger partial charge < -0.3 is 26.2 Å². The molecule has 0 radical (unpaired) electrons. The predicted molar refractivity (Wildman–Crippen MR) is 165 cm³/mol. The molecule has 9 nitrogen and oxygen atoms in total. The summed E-state index contributed by atoms with van der Waals surface area (Å²) in [5, 5.41) is 13.0. The van der Waals surface area contributed by atoms with Crippen molar-refractivity contribution < 1.29 is 4.79 Å². The summed E-state index contributed by atoms with van der Waals surface area (Å²) in [6, 6.07) is 12.0. The van der Waals surface area contributed by atoms with Crippen LogP contribution in [-0.2, 0) is 6.42 Å². The van der Waals surface area contributed by atoms with E-state index in [1.54, 1.807) is 13.2 Å². The fraction of sp³-hybridized carbons (Fsp3) is 0.484. The highest BCUT2D eigenvalue weighted by molar-refractivity contribution is 5.96. The highest BCUT2D eigenvalue weighted by Gasteiger charge is 2.11. The number of pyridine rings is 1. The van der Waals surface area contributed by atoms with E-state index in [0.717, 1.165) is 60.8 Å². The highest BCUT2D eigenvalue weighted by atomic mass is 16.1. The van der Waals surface area contributed by atoms with E-state index in [1.807, 2.05) is 49.5 Å². The molecule has 4 N–H and O–H groups in total. The van der Waals surface area contributed by atoms with Gasteiger partial charge in [0.2, 0.25) is 5.95 Å². The lowest BCUT2D eigenvalue weighted by atomic mass is 10.0. The summed E-state index contributed by atoms with van der Waals surface area (Å²) < 4.78 is 0. The third kappa shape index (κ3) is 9.57. The first kappa shape index (κ1) is 31.0. The monoisotopic (exact) mass is 546 g/mol. The first-order valence-corrected chi connectivity index (χ1v) is 14.6. The van der Waals surface area contributed by atoms with Gasteiger partial charge in [-0.2, -0.15) is 0 Å². The summed E-state index contributed by atoms with van der Waals surface area (Å²) in [5.41, 5.74) is 4.18. The average molecular weight is 547 g/mol. The van der Waals surface area contributed by atoms with Gasteiger partial charge in [0.1, 0.15) is 5.82 Å². The van der Waals surface area contributed by atoms with Crippen molar-refractivity contribution in [3.63, 3.8) is 0 Å². The largest absolute Gasteiger partial charge is 0.370 e. The summed E-state index contributed by atoms with van der Waals surface area (Å²) in [6.07, 6.45) is 7.74. The summed E-state index contributed by atoms with van der Waals surface area (Å²) >= 11 is 0. The molecule has 216 valence electrons. The number of benzene rings is 1. The SMILES string of the molecule is CCCN(CCC)CC(C)NCCCNc1ccc(-c2ccnc(Nc3ccc(C(=O)NC)c(CC)c3)n2)cn1. The fourth-order valence-electron chi connectivity index (χ4n) is 4.71. The van der Waals surface area contributed by atoms with Crippen molar-refractivity contribution in [3.8, 4) is 11.3 Å². The maximum Gasteiger partial charge on any atom is 0.251 e. The van der Waals surface area contributed by atoms with Crippen LogP contribution in [0.4, 0.5) is 17.5 Å². The number of aromatic nitrogens is 3. The molecule has 3 aromatic rings. The van der Waals surface area contributed by atoms with Gasteiger partial charge in [0.25, 0.3) is 5.91 Å². The Hall–Kier alpha value is -3.56. The van der Waals surface area contributed by atoms with Crippen molar-refractivity contribution in [2.45, 2.75) is 59.4 Å². The fourth-order valence-corrected chi connectivity index (χ4v) is 4.71. The van der Waals surface area contributed by atoms with Gasteiger partial charge >= 0.3 is 0 Å². The van der Waals surface area contributed by atoms with Gasteiger partial charge in [-0.15, -0.1) is 0 Å². The van der Waals surface area contributed by atoms with E-state index in [9.17, 15) is 4.79 Å². The van der Waals surface area contributed by atoms with Crippen LogP contribution in [0.15, 0.2) is 48.8 Å². The molecule has 3 rings (SSSR count). The number of carbonyl (C=O) groups is 1. The van der Waals surface area contributed by atoms with Crippen LogP contribution in [0, 0.1) is 0 Å². The number of anilines is 3. The quantitative estimate of drug-likeness (QED) is 0.173. The third-order valence-electron chi connectivity index (χ3n) is 6.69. The minimum Gasteiger partial charge on any atom is -0.370 e. The highest BCUT2D eigenvalue weighted by Crippen LogP contribution is 2.22. The number of carbonyl (C=O) groups excluding carboxylic acids is 1. The summed E-state index contributed by atoms with van der Waals surface area (Å²) in [6.45, 7) is 14.1. The summed E-state index contributed by atoms with van der Waals surface area (Å²) in [5.74, 6) is 1.25. The Morgan fingerprint density at radius 3 is 2.48 bits per heavy atom. The van der Waals surface area contributed by atoms with E-state index in [-0.39, 0.29) is 5.91 Å². The number of amides is 1. The molecule has 2 aromatic heterocycles. The second-order valence-corrected chi connectivity index (χ2v) is 10.1. The third-order valence-corrected chi connectivity index (χ3v) is 6.69. The van der Waals surface area contributed by atoms with Gasteiger partial charge in [0, 0.05) is 55.4 Å². The lowest BCUT2D eigenvalue weighted by Crippen LogP contribution is -2.40. The summed E-state index contributed by atoms with van der Waals surface area (Å²) in [4.78, 5) is 28.3. The number of rotatable bonds is 17. The maximum atomic E-state index is 12.1. The van der Waals surface area contributed by atoms with Crippen LogP contribution in [-0.4, -0.2) is 71.6 Å². The number of hydrogen-bond acceptors (Lipinski definition) is 8. The number of nitrogens with one attached hydrogen (secondary N) is 4. The number of hydrogen-bond donors (Lipinski definition) is 4. The standard InChI is InChI=1S/C31H46N8O/c1-6-18-39(19-7-2)22-23(4)33-15-9-16-34-29-13-10-25(21-36-29)28-14-17-35-31(38-28)37-26-11-12-27(30(40)32-5)24(8-3)20-26/h10-14,17,20-21,23,33H,6-9,15-16,18-19,22H2,1-5H3,(H,32,40)(H,34,36)(H,35,37,38). The first-order valence-electron chi connectivity index (χ1n) is 14.6. The van der Waals surface area contributed by atoms with Crippen LogP contribution < -0.4 is 21.3 Å². The Morgan fingerprint density at radius 2 is 1.80 bits per heavy atom. The van der Waals surface area contributed by atoms with Crippen LogP contribution in [0.3, 0.4) is 0 Å². The molecule has 0 bridgehead atoms. The zero-order chi connectivity index (χ0) is 28.7. The molecule has 1 atom stereocenters. The Bertz CT molecular complexity index is 1180. The van der Waals surface area contributed by atoms with Crippen LogP contribution in [0.1, 0.15) is 62.9 Å². The lowest BCUT2D eigenvalue weighted by Gasteiger charge is -2.25. The van der Waals surface area contributed by atoms with Crippen molar-refractivity contribution in [1.82, 2.24) is 30.5 Å². The van der Waals surface area contributed by atoms with Crippen molar-refractivity contribution in [2.24, 2.45) is 0 Å². The first-order chi connectivity index (χ1) is 19.5. The molecule has 0 aliphatic heterocycles. The van der Waals surface area contributed by atoms with Crippen molar-refractivity contribution in [3.05, 3.63) is 59.9 Å². The van der Waals surface area contributed by atoms with Crippen molar-refractivity contribution in [1.29, 1.82) is 0 Å². The van der Waals surface area contributed by atoms with Gasteiger partial charge in [-0.3, -0.25) is 4.79 Å². The van der Waals surface area contributed by atoms with Crippen molar-refractivity contribution >= 4 is 23.4 Å². The number of aryl methyl sites for hydroxylation is 1. The molecule has 0 saturated heterocycles. The predicted octanol–water partition coefficient (Wildman–Crippen LogP) is 5.11. The van der Waals surface area contributed by atoms with E-state index in [0.29, 0.717) is 17.6 Å². The Kier molecular flexibility index (Phi) is 12.8. The van der Waals surface area contributed by atoms with Crippen LogP contribution in [0.5, 0.6) is 0 Å². The van der Waals surface area contributed by atoms with Gasteiger partial charge in [0.05, 0.1) is 5.69 Å². The molecule has 0 saturated carbocycles. The van der Waals surface area contributed by atoms with Crippen LogP contribution in [0.25, 0.3) is 11.3 Å². The molecule has 0 aliphatic carbocycles. The molecule has 9 heteroatoms.